The van der Waals surface area contributed by atoms with E-state index in [2.05, 4.69) is 0 Å². The number of phenolic OH excluding ortho intramolecular Hbond substituents is 1. The smallest absolute Gasteiger partial charge is 0.166 e. The first-order valence-electron chi connectivity index (χ1n) is 5.35. The van der Waals surface area contributed by atoms with Gasteiger partial charge in [-0.1, -0.05) is 6.92 Å². The van der Waals surface area contributed by atoms with Gasteiger partial charge in [0, 0.05) is 6.42 Å². The molecule has 0 fully saturated rings. The Morgan fingerprint density at radius 3 is 2.31 bits per heavy atom. The lowest BCUT2D eigenvalue weighted by atomic mass is 9.98. The van der Waals surface area contributed by atoms with Crippen LogP contribution in [0.1, 0.15) is 53.0 Å². The topological polar surface area (TPSA) is 54.4 Å². The Labute approximate surface area is 95.1 Å². The third-order valence-corrected chi connectivity index (χ3v) is 2.41. The Hall–Kier alpha value is -1.64. The summed E-state index contributed by atoms with van der Waals surface area (Å²) < 4.78 is 0. The highest BCUT2D eigenvalue weighted by molar-refractivity contribution is 6.04. The van der Waals surface area contributed by atoms with E-state index in [9.17, 15) is 14.7 Å². The van der Waals surface area contributed by atoms with Gasteiger partial charge in [0.05, 0.1) is 11.1 Å². The van der Waals surface area contributed by atoms with Crippen LogP contribution in [0.2, 0.25) is 0 Å². The predicted octanol–water partition coefficient (Wildman–Crippen LogP) is 2.89. The number of hydrogen-bond acceptors (Lipinski definition) is 3. The summed E-state index contributed by atoms with van der Waals surface area (Å²) in [6.45, 7) is 5.08. The van der Waals surface area contributed by atoms with Crippen LogP contribution in [0, 0.1) is 6.92 Å². The summed E-state index contributed by atoms with van der Waals surface area (Å²) in [5.41, 5.74) is 1.29. The Morgan fingerprint density at radius 2 is 1.81 bits per heavy atom. The van der Waals surface area contributed by atoms with Crippen LogP contribution in [0.3, 0.4) is 0 Å². The second-order valence-corrected chi connectivity index (χ2v) is 3.94. The van der Waals surface area contributed by atoms with Gasteiger partial charge in [-0.2, -0.15) is 0 Å². The van der Waals surface area contributed by atoms with Gasteiger partial charge in [0.1, 0.15) is 5.75 Å². The minimum absolute atomic E-state index is 0.119. The molecule has 1 aromatic carbocycles. The van der Waals surface area contributed by atoms with Crippen LogP contribution < -0.4 is 0 Å². The quantitative estimate of drug-likeness (QED) is 0.794. The maximum atomic E-state index is 11.7. The van der Waals surface area contributed by atoms with Crippen LogP contribution >= 0.6 is 0 Å². The zero-order chi connectivity index (χ0) is 12.3. The first-order chi connectivity index (χ1) is 7.47. The summed E-state index contributed by atoms with van der Waals surface area (Å²) in [6.07, 6.45) is 1.11. The molecule has 0 amide bonds. The van der Waals surface area contributed by atoms with Crippen molar-refractivity contribution in [1.29, 1.82) is 0 Å². The van der Waals surface area contributed by atoms with E-state index in [0.29, 0.717) is 6.42 Å². The van der Waals surface area contributed by atoms with E-state index in [0.717, 1.165) is 12.0 Å². The monoisotopic (exact) mass is 220 g/mol. The average Bonchev–Trinajstić information content (AvgIpc) is 2.20. The number of aromatic hydroxyl groups is 1. The molecule has 0 aliphatic heterocycles. The minimum atomic E-state index is -0.230. The zero-order valence-corrected chi connectivity index (χ0v) is 9.83. The van der Waals surface area contributed by atoms with E-state index in [4.69, 9.17) is 0 Å². The van der Waals surface area contributed by atoms with Gasteiger partial charge in [-0.3, -0.25) is 9.59 Å². The molecule has 3 heteroatoms. The number of hydrogen-bond donors (Lipinski definition) is 1. The van der Waals surface area contributed by atoms with Crippen LogP contribution in [-0.2, 0) is 0 Å². The van der Waals surface area contributed by atoms with Crippen molar-refractivity contribution in [3.63, 3.8) is 0 Å². The van der Waals surface area contributed by atoms with E-state index in [1.54, 1.807) is 19.1 Å². The molecule has 16 heavy (non-hydrogen) atoms. The van der Waals surface area contributed by atoms with E-state index >= 15 is 0 Å². The molecular weight excluding hydrogens is 204 g/mol. The molecule has 0 radical (unpaired) electrons. The standard InChI is InChI=1S/C13H16O3/c1-4-5-12(15)11-7-8(2)6-10(9(3)14)13(11)16/h6-7,16H,4-5H2,1-3H3. The molecular formula is C13H16O3. The Kier molecular flexibility index (Phi) is 3.82. The van der Waals surface area contributed by atoms with Gasteiger partial charge in [0.2, 0.25) is 0 Å². The number of rotatable bonds is 4. The van der Waals surface area contributed by atoms with Crippen molar-refractivity contribution in [1.82, 2.24) is 0 Å². The summed E-state index contributed by atoms with van der Waals surface area (Å²) in [5, 5.41) is 9.84. The molecule has 0 atom stereocenters. The summed E-state index contributed by atoms with van der Waals surface area (Å²) in [4.78, 5) is 23.0. The fourth-order valence-corrected chi connectivity index (χ4v) is 1.62. The predicted molar refractivity (Wildman–Crippen MR) is 62.1 cm³/mol. The highest BCUT2D eigenvalue weighted by Gasteiger charge is 2.16. The lowest BCUT2D eigenvalue weighted by molar-refractivity contribution is 0.0979. The summed E-state index contributed by atoms with van der Waals surface area (Å²) in [7, 11) is 0. The highest BCUT2D eigenvalue weighted by Crippen LogP contribution is 2.26. The summed E-state index contributed by atoms with van der Waals surface area (Å²) in [5.74, 6) is -0.533. The lowest BCUT2D eigenvalue weighted by Gasteiger charge is -2.08. The summed E-state index contributed by atoms with van der Waals surface area (Å²) in [6, 6.07) is 3.22. The van der Waals surface area contributed by atoms with Crippen molar-refractivity contribution in [2.75, 3.05) is 0 Å². The molecule has 0 unspecified atom stereocenters. The number of benzene rings is 1. The molecule has 0 saturated heterocycles. The van der Waals surface area contributed by atoms with Crippen molar-refractivity contribution in [3.8, 4) is 5.75 Å². The largest absolute Gasteiger partial charge is 0.506 e. The number of phenols is 1. The van der Waals surface area contributed by atoms with Crippen LogP contribution in [0.25, 0.3) is 0 Å². The van der Waals surface area contributed by atoms with Gasteiger partial charge in [-0.25, -0.2) is 0 Å². The van der Waals surface area contributed by atoms with Crippen molar-refractivity contribution >= 4 is 11.6 Å². The number of ketones is 2. The van der Waals surface area contributed by atoms with Crippen molar-refractivity contribution in [2.45, 2.75) is 33.6 Å². The average molecular weight is 220 g/mol. The first-order valence-corrected chi connectivity index (χ1v) is 5.35. The third-order valence-electron chi connectivity index (χ3n) is 2.41. The normalized spacial score (nSPS) is 10.2. The van der Waals surface area contributed by atoms with Gasteiger partial charge in [0.25, 0.3) is 0 Å². The fourth-order valence-electron chi connectivity index (χ4n) is 1.62. The minimum Gasteiger partial charge on any atom is -0.506 e. The van der Waals surface area contributed by atoms with Crippen molar-refractivity contribution < 1.29 is 14.7 Å². The lowest BCUT2D eigenvalue weighted by Crippen LogP contribution is -2.03. The number of carbonyl (C=O) groups excluding carboxylic acids is 2. The maximum Gasteiger partial charge on any atom is 0.166 e. The van der Waals surface area contributed by atoms with Gasteiger partial charge in [-0.05, 0) is 38.0 Å². The number of aryl methyl sites for hydroxylation is 1. The van der Waals surface area contributed by atoms with E-state index in [-0.39, 0.29) is 28.4 Å². The highest BCUT2D eigenvalue weighted by atomic mass is 16.3. The number of carbonyl (C=O) groups is 2. The van der Waals surface area contributed by atoms with E-state index < -0.39 is 0 Å². The maximum absolute atomic E-state index is 11.7. The third kappa shape index (κ3) is 2.48. The van der Waals surface area contributed by atoms with Crippen molar-refractivity contribution in [3.05, 3.63) is 28.8 Å². The Bertz CT molecular complexity index is 433. The molecule has 0 spiro atoms. The second kappa shape index (κ2) is 4.92. The number of Topliss-reactive ketones (excluding diaryl/α,β-unsaturated/α-hetero) is 2. The SMILES string of the molecule is CCCC(=O)c1cc(C)cc(C(C)=O)c1O. The second-order valence-electron chi connectivity index (χ2n) is 3.94. The van der Waals surface area contributed by atoms with Crippen LogP contribution in [0.4, 0.5) is 0 Å². The van der Waals surface area contributed by atoms with Crippen LogP contribution in [-0.4, -0.2) is 16.7 Å². The molecule has 1 aromatic rings. The van der Waals surface area contributed by atoms with Gasteiger partial charge >= 0.3 is 0 Å². The molecule has 0 saturated carbocycles. The van der Waals surface area contributed by atoms with Gasteiger partial charge in [0.15, 0.2) is 11.6 Å². The molecule has 0 heterocycles. The Balaban J connectivity index is 3.29. The van der Waals surface area contributed by atoms with E-state index in [1.165, 1.54) is 6.92 Å². The molecule has 0 aliphatic carbocycles. The molecule has 0 aromatic heterocycles. The molecule has 1 N–H and O–H groups in total. The molecule has 0 bridgehead atoms. The van der Waals surface area contributed by atoms with E-state index in [1.807, 2.05) is 6.92 Å². The van der Waals surface area contributed by atoms with Gasteiger partial charge < -0.3 is 5.11 Å². The van der Waals surface area contributed by atoms with Crippen LogP contribution in [0.15, 0.2) is 12.1 Å². The Morgan fingerprint density at radius 1 is 1.25 bits per heavy atom. The molecule has 1 rings (SSSR count). The first kappa shape index (κ1) is 12.4. The molecule has 86 valence electrons. The van der Waals surface area contributed by atoms with Crippen LogP contribution in [0.5, 0.6) is 5.75 Å². The van der Waals surface area contributed by atoms with Gasteiger partial charge in [-0.15, -0.1) is 0 Å². The van der Waals surface area contributed by atoms with Crippen molar-refractivity contribution in [2.24, 2.45) is 0 Å². The molecule has 0 aliphatic rings. The fraction of sp³-hybridized carbons (Fsp3) is 0.385. The zero-order valence-electron chi connectivity index (χ0n) is 9.83. The summed E-state index contributed by atoms with van der Waals surface area (Å²) >= 11 is 0. The molecule has 3 nitrogen and oxygen atoms in total.